The fourth-order valence-corrected chi connectivity index (χ4v) is 3.91. The first-order valence-corrected chi connectivity index (χ1v) is 8.84. The molecule has 0 saturated carbocycles. The number of fused-ring (bicyclic) bond motifs is 1. The van der Waals surface area contributed by atoms with Gasteiger partial charge in [0.15, 0.2) is 5.82 Å². The highest BCUT2D eigenvalue weighted by Crippen LogP contribution is 2.34. The number of aromatic nitrogens is 3. The zero-order chi connectivity index (χ0) is 16.7. The topological polar surface area (TPSA) is 44.8 Å². The van der Waals surface area contributed by atoms with Crippen LogP contribution in [0.2, 0.25) is 0 Å². The molecule has 3 heterocycles. The number of aryl methyl sites for hydroxylation is 1. The molecule has 124 valence electrons. The average Bonchev–Trinajstić information content (AvgIpc) is 2.99. The summed E-state index contributed by atoms with van der Waals surface area (Å²) >= 11 is 0. The van der Waals surface area contributed by atoms with E-state index >= 15 is 0 Å². The standard InChI is InChI=1S/C20H24N4/c1-13-8-7-9-14(2)24(13)20-19-18(21-15(3)22-20)12-17(23-19)16-10-5-4-6-11-16/h4-6,10-14,23H,7-9H2,1-3H3/t13-,14+. The SMILES string of the molecule is Cc1nc(N2[C@H](C)CCC[C@@H]2C)c2[nH]c(-c3ccccc3)cc2n1. The van der Waals surface area contributed by atoms with Crippen LogP contribution in [0.5, 0.6) is 0 Å². The van der Waals surface area contributed by atoms with Gasteiger partial charge in [0.05, 0.1) is 5.52 Å². The first-order chi connectivity index (χ1) is 11.6. The second-order valence-electron chi connectivity index (χ2n) is 6.94. The number of nitrogens with zero attached hydrogens (tertiary/aromatic N) is 3. The summed E-state index contributed by atoms with van der Waals surface area (Å²) in [7, 11) is 0. The van der Waals surface area contributed by atoms with Gasteiger partial charge in [0, 0.05) is 17.8 Å². The lowest BCUT2D eigenvalue weighted by Crippen LogP contribution is -2.44. The smallest absolute Gasteiger partial charge is 0.157 e. The third-order valence-corrected chi connectivity index (χ3v) is 5.09. The average molecular weight is 320 g/mol. The van der Waals surface area contributed by atoms with E-state index in [-0.39, 0.29) is 0 Å². The highest BCUT2D eigenvalue weighted by Gasteiger charge is 2.28. The molecule has 0 radical (unpaired) electrons. The molecule has 0 aliphatic carbocycles. The molecule has 0 bridgehead atoms. The van der Waals surface area contributed by atoms with Crippen molar-refractivity contribution in [2.75, 3.05) is 4.90 Å². The minimum absolute atomic E-state index is 0.509. The number of nitrogens with one attached hydrogen (secondary N) is 1. The number of H-pyrrole nitrogens is 1. The van der Waals surface area contributed by atoms with Crippen LogP contribution in [0.1, 0.15) is 38.9 Å². The fourth-order valence-electron chi connectivity index (χ4n) is 3.91. The van der Waals surface area contributed by atoms with E-state index in [2.05, 4.69) is 59.0 Å². The Morgan fingerprint density at radius 1 is 1.04 bits per heavy atom. The van der Waals surface area contributed by atoms with Crippen LogP contribution in [0.4, 0.5) is 5.82 Å². The van der Waals surface area contributed by atoms with Crippen LogP contribution in [0.3, 0.4) is 0 Å². The quantitative estimate of drug-likeness (QED) is 0.744. The van der Waals surface area contributed by atoms with Crippen molar-refractivity contribution in [3.63, 3.8) is 0 Å². The summed E-state index contributed by atoms with van der Waals surface area (Å²) < 4.78 is 0. The molecule has 1 aliphatic rings. The van der Waals surface area contributed by atoms with Crippen LogP contribution in [0.25, 0.3) is 22.3 Å². The molecule has 1 saturated heterocycles. The van der Waals surface area contributed by atoms with E-state index in [0.29, 0.717) is 12.1 Å². The van der Waals surface area contributed by atoms with Crippen molar-refractivity contribution in [2.45, 2.75) is 52.1 Å². The highest BCUT2D eigenvalue weighted by molar-refractivity contribution is 5.91. The number of aromatic amines is 1. The third kappa shape index (κ3) is 2.56. The highest BCUT2D eigenvalue weighted by atomic mass is 15.3. The van der Waals surface area contributed by atoms with Crippen LogP contribution in [0, 0.1) is 6.92 Å². The Morgan fingerprint density at radius 2 is 1.75 bits per heavy atom. The van der Waals surface area contributed by atoms with Crippen LogP contribution in [-0.2, 0) is 0 Å². The van der Waals surface area contributed by atoms with Gasteiger partial charge >= 0.3 is 0 Å². The van der Waals surface area contributed by atoms with Crippen molar-refractivity contribution in [3.8, 4) is 11.3 Å². The molecule has 1 N–H and O–H groups in total. The van der Waals surface area contributed by atoms with Gasteiger partial charge in [-0.3, -0.25) is 0 Å². The number of hydrogen-bond acceptors (Lipinski definition) is 3. The summed E-state index contributed by atoms with van der Waals surface area (Å²) in [5.74, 6) is 1.89. The molecule has 0 amide bonds. The third-order valence-electron chi connectivity index (χ3n) is 5.09. The minimum Gasteiger partial charge on any atom is -0.350 e. The summed E-state index contributed by atoms with van der Waals surface area (Å²) in [6, 6.07) is 13.6. The first-order valence-electron chi connectivity index (χ1n) is 8.84. The predicted molar refractivity (Wildman–Crippen MR) is 99.3 cm³/mol. The molecule has 1 fully saturated rings. The summed E-state index contributed by atoms with van der Waals surface area (Å²) in [6.07, 6.45) is 3.74. The predicted octanol–water partition coefficient (Wildman–Crippen LogP) is 4.70. The van der Waals surface area contributed by atoms with E-state index in [4.69, 9.17) is 4.98 Å². The minimum atomic E-state index is 0.509. The summed E-state index contributed by atoms with van der Waals surface area (Å²) in [5.41, 5.74) is 4.34. The Morgan fingerprint density at radius 3 is 2.46 bits per heavy atom. The molecule has 0 spiro atoms. The van der Waals surface area contributed by atoms with Crippen molar-refractivity contribution >= 4 is 16.9 Å². The van der Waals surface area contributed by atoms with Gasteiger partial charge in [0.1, 0.15) is 11.3 Å². The van der Waals surface area contributed by atoms with Gasteiger partial charge in [-0.15, -0.1) is 0 Å². The number of rotatable bonds is 2. The van der Waals surface area contributed by atoms with Gasteiger partial charge in [0.25, 0.3) is 0 Å². The summed E-state index contributed by atoms with van der Waals surface area (Å²) in [5, 5.41) is 0. The Bertz CT molecular complexity index is 843. The lowest BCUT2D eigenvalue weighted by Gasteiger charge is -2.40. The van der Waals surface area contributed by atoms with E-state index in [0.717, 1.165) is 28.4 Å². The van der Waals surface area contributed by atoms with E-state index in [1.54, 1.807) is 0 Å². The Kier molecular flexibility index (Phi) is 3.75. The maximum atomic E-state index is 4.82. The normalized spacial score (nSPS) is 21.4. The van der Waals surface area contributed by atoms with Gasteiger partial charge in [-0.1, -0.05) is 30.3 Å². The first kappa shape index (κ1) is 15.2. The zero-order valence-corrected chi connectivity index (χ0v) is 14.6. The number of benzene rings is 1. The van der Waals surface area contributed by atoms with Gasteiger partial charge in [-0.25, -0.2) is 9.97 Å². The van der Waals surface area contributed by atoms with Crippen molar-refractivity contribution in [2.24, 2.45) is 0 Å². The summed E-state index contributed by atoms with van der Waals surface area (Å²) in [6.45, 7) is 6.59. The van der Waals surface area contributed by atoms with Crippen LogP contribution < -0.4 is 4.90 Å². The lowest BCUT2D eigenvalue weighted by molar-refractivity contribution is 0.412. The van der Waals surface area contributed by atoms with Crippen molar-refractivity contribution in [3.05, 3.63) is 42.2 Å². The molecule has 1 aliphatic heterocycles. The molecule has 4 nitrogen and oxygen atoms in total. The molecule has 24 heavy (non-hydrogen) atoms. The van der Waals surface area contributed by atoms with E-state index in [1.807, 2.05) is 13.0 Å². The molecule has 2 atom stereocenters. The Hall–Kier alpha value is -2.36. The van der Waals surface area contributed by atoms with Gasteiger partial charge in [0.2, 0.25) is 0 Å². The largest absolute Gasteiger partial charge is 0.350 e. The molecular weight excluding hydrogens is 296 g/mol. The van der Waals surface area contributed by atoms with Crippen LogP contribution in [0.15, 0.2) is 36.4 Å². The van der Waals surface area contributed by atoms with E-state index < -0.39 is 0 Å². The molecule has 3 aromatic rings. The lowest BCUT2D eigenvalue weighted by atomic mass is 9.97. The van der Waals surface area contributed by atoms with Gasteiger partial charge < -0.3 is 9.88 Å². The van der Waals surface area contributed by atoms with E-state index in [9.17, 15) is 0 Å². The van der Waals surface area contributed by atoms with Crippen molar-refractivity contribution in [1.82, 2.24) is 15.0 Å². The van der Waals surface area contributed by atoms with Crippen molar-refractivity contribution < 1.29 is 0 Å². The molecule has 4 heteroatoms. The Labute approximate surface area is 142 Å². The second-order valence-corrected chi connectivity index (χ2v) is 6.94. The molecule has 1 aromatic carbocycles. The summed E-state index contributed by atoms with van der Waals surface area (Å²) in [4.78, 5) is 15.5. The second kappa shape index (κ2) is 5.93. The molecule has 2 aromatic heterocycles. The van der Waals surface area contributed by atoms with Crippen LogP contribution >= 0.6 is 0 Å². The zero-order valence-electron chi connectivity index (χ0n) is 14.6. The van der Waals surface area contributed by atoms with E-state index in [1.165, 1.54) is 24.8 Å². The molecular formula is C20H24N4. The maximum Gasteiger partial charge on any atom is 0.157 e. The van der Waals surface area contributed by atoms with Crippen LogP contribution in [-0.4, -0.2) is 27.0 Å². The molecule has 4 rings (SSSR count). The monoisotopic (exact) mass is 320 g/mol. The molecule has 0 unspecified atom stereocenters. The fraction of sp³-hybridized carbons (Fsp3) is 0.400. The number of hydrogen-bond donors (Lipinski definition) is 1. The number of anilines is 1. The van der Waals surface area contributed by atoms with Gasteiger partial charge in [-0.05, 0) is 51.7 Å². The Balaban J connectivity index is 1.87. The maximum absolute atomic E-state index is 4.82. The number of piperidine rings is 1. The van der Waals surface area contributed by atoms with Gasteiger partial charge in [-0.2, -0.15) is 0 Å². The van der Waals surface area contributed by atoms with Crippen molar-refractivity contribution in [1.29, 1.82) is 0 Å².